The van der Waals surface area contributed by atoms with Gasteiger partial charge in [-0.05, 0) is 50.1 Å². The number of methoxy groups -OCH3 is 1. The zero-order valence-corrected chi connectivity index (χ0v) is 16.5. The van der Waals surface area contributed by atoms with Crippen molar-refractivity contribution in [3.8, 4) is 5.75 Å². The van der Waals surface area contributed by atoms with Crippen LogP contribution in [0.1, 0.15) is 37.4 Å². The fourth-order valence-corrected chi connectivity index (χ4v) is 3.01. The number of rotatable bonds is 7. The van der Waals surface area contributed by atoms with E-state index in [1.54, 1.807) is 0 Å². The van der Waals surface area contributed by atoms with Gasteiger partial charge in [0.05, 0.1) is 24.2 Å². The molecule has 3 rings (SSSR count). The van der Waals surface area contributed by atoms with Crippen LogP contribution in [0.3, 0.4) is 0 Å². The molecule has 0 bridgehead atoms. The van der Waals surface area contributed by atoms with Crippen molar-refractivity contribution in [1.29, 1.82) is 0 Å². The number of aromatic nitrogens is 1. The van der Waals surface area contributed by atoms with Gasteiger partial charge in [0.2, 0.25) is 0 Å². The quantitative estimate of drug-likeness (QED) is 0.408. The summed E-state index contributed by atoms with van der Waals surface area (Å²) < 4.78 is 10.8. The molecule has 1 heterocycles. The second-order valence-electron chi connectivity index (χ2n) is 6.95. The maximum absolute atomic E-state index is 12.1. The van der Waals surface area contributed by atoms with E-state index < -0.39 is 0 Å². The van der Waals surface area contributed by atoms with Crippen LogP contribution in [0, 0.1) is 0 Å². The lowest BCUT2D eigenvalue weighted by Gasteiger charge is -2.14. The highest BCUT2D eigenvalue weighted by Gasteiger charge is 2.20. The van der Waals surface area contributed by atoms with Crippen molar-refractivity contribution in [3.63, 3.8) is 0 Å². The van der Waals surface area contributed by atoms with E-state index in [1.807, 2.05) is 74.5 Å². The number of esters is 1. The van der Waals surface area contributed by atoms with Gasteiger partial charge in [-0.3, -0.25) is 4.79 Å². The number of nitrogens with zero attached hydrogens (tertiary/aromatic N) is 1. The third-order valence-corrected chi connectivity index (χ3v) is 4.57. The molecule has 0 spiro atoms. The van der Waals surface area contributed by atoms with E-state index in [0.29, 0.717) is 13.0 Å². The fourth-order valence-electron chi connectivity index (χ4n) is 3.01. The molecule has 0 N–H and O–H groups in total. The Balaban J connectivity index is 1.68. The summed E-state index contributed by atoms with van der Waals surface area (Å²) in [7, 11) is 1.42. The summed E-state index contributed by atoms with van der Waals surface area (Å²) in [5.41, 5.74) is 3.93. The number of pyridine rings is 1. The molecule has 2 aromatic carbocycles. The lowest BCUT2D eigenvalue weighted by molar-refractivity contribution is -0.142. The molecule has 0 radical (unpaired) electrons. The summed E-state index contributed by atoms with van der Waals surface area (Å²) in [6.45, 7) is 4.43. The summed E-state index contributed by atoms with van der Waals surface area (Å²) >= 11 is 0. The first-order valence-electron chi connectivity index (χ1n) is 9.35. The SMILES string of the molecule is COC(=O)C(CC=C(C)C)c1ccc(OCc2ccc3ccccc3n2)cc1. The molecular formula is C24H25NO3. The van der Waals surface area contributed by atoms with Crippen molar-refractivity contribution in [1.82, 2.24) is 4.98 Å². The Morgan fingerprint density at radius 2 is 1.79 bits per heavy atom. The zero-order valence-electron chi connectivity index (χ0n) is 16.5. The molecule has 3 aromatic rings. The Hall–Kier alpha value is -3.14. The maximum Gasteiger partial charge on any atom is 0.313 e. The molecule has 144 valence electrons. The van der Waals surface area contributed by atoms with Gasteiger partial charge in [-0.15, -0.1) is 0 Å². The van der Waals surface area contributed by atoms with Crippen molar-refractivity contribution in [2.75, 3.05) is 7.11 Å². The van der Waals surface area contributed by atoms with Gasteiger partial charge in [0.25, 0.3) is 0 Å². The normalized spacial score (nSPS) is 11.7. The second kappa shape index (κ2) is 9.18. The van der Waals surface area contributed by atoms with Crippen LogP contribution >= 0.6 is 0 Å². The standard InChI is InChI=1S/C24H25NO3/c1-17(2)8-15-22(24(26)27-3)18-10-13-21(14-11-18)28-16-20-12-9-19-6-4-5-7-23(19)25-20/h4-14,22H,15-16H2,1-3H3. The first-order chi connectivity index (χ1) is 13.6. The third-order valence-electron chi connectivity index (χ3n) is 4.57. The van der Waals surface area contributed by atoms with Crippen molar-refractivity contribution in [3.05, 3.63) is 83.6 Å². The van der Waals surface area contributed by atoms with E-state index in [-0.39, 0.29) is 11.9 Å². The summed E-state index contributed by atoms with van der Waals surface area (Å²) in [5, 5.41) is 1.11. The fraction of sp³-hybridized carbons (Fsp3) is 0.250. The highest BCUT2D eigenvalue weighted by Crippen LogP contribution is 2.25. The lowest BCUT2D eigenvalue weighted by Crippen LogP contribution is -2.13. The largest absolute Gasteiger partial charge is 0.487 e. The summed E-state index contributed by atoms with van der Waals surface area (Å²) in [4.78, 5) is 16.8. The molecule has 4 nitrogen and oxygen atoms in total. The predicted octanol–water partition coefficient (Wildman–Crippen LogP) is 5.43. The van der Waals surface area contributed by atoms with E-state index in [9.17, 15) is 4.79 Å². The Labute approximate surface area is 165 Å². The average molecular weight is 375 g/mol. The molecule has 1 atom stereocenters. The smallest absolute Gasteiger partial charge is 0.313 e. The highest BCUT2D eigenvalue weighted by atomic mass is 16.5. The molecule has 0 aliphatic heterocycles. The minimum absolute atomic E-state index is 0.230. The minimum atomic E-state index is -0.309. The van der Waals surface area contributed by atoms with Crippen LogP contribution in [0.5, 0.6) is 5.75 Å². The van der Waals surface area contributed by atoms with Crippen molar-refractivity contribution >= 4 is 16.9 Å². The number of ether oxygens (including phenoxy) is 2. The monoisotopic (exact) mass is 375 g/mol. The summed E-state index contributed by atoms with van der Waals surface area (Å²) in [6.07, 6.45) is 2.67. The molecule has 28 heavy (non-hydrogen) atoms. The van der Waals surface area contributed by atoms with Gasteiger partial charge in [0.15, 0.2) is 0 Å². The molecule has 4 heteroatoms. The number of hydrogen-bond acceptors (Lipinski definition) is 4. The van der Waals surface area contributed by atoms with Crippen molar-refractivity contribution < 1.29 is 14.3 Å². The minimum Gasteiger partial charge on any atom is -0.487 e. The number of fused-ring (bicyclic) bond motifs is 1. The van der Waals surface area contributed by atoms with Crippen LogP contribution in [0.2, 0.25) is 0 Å². The van der Waals surface area contributed by atoms with E-state index in [4.69, 9.17) is 9.47 Å². The van der Waals surface area contributed by atoms with E-state index in [0.717, 1.165) is 27.9 Å². The molecule has 0 saturated carbocycles. The Kier molecular flexibility index (Phi) is 6.43. The van der Waals surface area contributed by atoms with Gasteiger partial charge < -0.3 is 9.47 Å². The van der Waals surface area contributed by atoms with Crippen LogP contribution in [0.4, 0.5) is 0 Å². The third kappa shape index (κ3) is 4.97. The number of benzene rings is 2. The molecule has 0 aliphatic rings. The van der Waals surface area contributed by atoms with Gasteiger partial charge in [-0.2, -0.15) is 0 Å². The number of hydrogen-bond donors (Lipinski definition) is 0. The molecule has 1 unspecified atom stereocenters. The van der Waals surface area contributed by atoms with Gasteiger partial charge >= 0.3 is 5.97 Å². The number of para-hydroxylation sites is 1. The highest BCUT2D eigenvalue weighted by molar-refractivity contribution is 5.79. The molecular weight excluding hydrogens is 350 g/mol. The molecule has 1 aromatic heterocycles. The van der Waals surface area contributed by atoms with Crippen LogP contribution < -0.4 is 4.74 Å². The molecule has 0 aliphatic carbocycles. The Morgan fingerprint density at radius 1 is 1.04 bits per heavy atom. The topological polar surface area (TPSA) is 48.4 Å². The van der Waals surface area contributed by atoms with Crippen molar-refractivity contribution in [2.24, 2.45) is 0 Å². The number of carbonyl (C=O) groups excluding carboxylic acids is 1. The molecule has 0 saturated heterocycles. The van der Waals surface area contributed by atoms with E-state index >= 15 is 0 Å². The van der Waals surface area contributed by atoms with Crippen molar-refractivity contribution in [2.45, 2.75) is 32.8 Å². The van der Waals surface area contributed by atoms with Gasteiger partial charge in [-0.1, -0.05) is 48.0 Å². The summed E-state index contributed by atoms with van der Waals surface area (Å²) in [6, 6.07) is 19.6. The Bertz CT molecular complexity index is 973. The average Bonchev–Trinajstić information content (AvgIpc) is 2.72. The lowest BCUT2D eigenvalue weighted by atomic mass is 9.95. The van der Waals surface area contributed by atoms with Gasteiger partial charge in [0, 0.05) is 5.39 Å². The van der Waals surface area contributed by atoms with Crippen LogP contribution in [-0.4, -0.2) is 18.1 Å². The zero-order chi connectivity index (χ0) is 19.9. The Morgan fingerprint density at radius 3 is 2.50 bits per heavy atom. The van der Waals surface area contributed by atoms with E-state index in [2.05, 4.69) is 11.1 Å². The first-order valence-corrected chi connectivity index (χ1v) is 9.35. The first kappa shape index (κ1) is 19.6. The van der Waals surface area contributed by atoms with Crippen LogP contribution in [-0.2, 0) is 16.1 Å². The number of carbonyl (C=O) groups is 1. The van der Waals surface area contributed by atoms with Gasteiger partial charge in [-0.25, -0.2) is 4.98 Å². The second-order valence-corrected chi connectivity index (χ2v) is 6.95. The molecule has 0 amide bonds. The van der Waals surface area contributed by atoms with E-state index in [1.165, 1.54) is 12.7 Å². The molecule has 0 fully saturated rings. The summed E-state index contributed by atoms with van der Waals surface area (Å²) in [5.74, 6) is 0.201. The van der Waals surface area contributed by atoms with Gasteiger partial charge in [0.1, 0.15) is 12.4 Å². The number of allylic oxidation sites excluding steroid dienone is 2. The van der Waals surface area contributed by atoms with Crippen LogP contribution in [0.25, 0.3) is 10.9 Å². The van der Waals surface area contributed by atoms with Crippen LogP contribution in [0.15, 0.2) is 72.3 Å². The predicted molar refractivity (Wildman–Crippen MR) is 111 cm³/mol. The maximum atomic E-state index is 12.1.